The maximum Gasteiger partial charge on any atom is 0.307 e. The molecule has 0 spiro atoms. The normalized spacial score (nSPS) is 23.5. The van der Waals surface area contributed by atoms with Crippen molar-refractivity contribution in [1.82, 2.24) is 4.90 Å². The first-order valence-corrected chi connectivity index (χ1v) is 9.51. The molecular formula is C19H20ClNO6. The first kappa shape index (κ1) is 18.1. The topological polar surface area (TPSA) is 82.1 Å². The fourth-order valence-corrected chi connectivity index (χ4v) is 4.28. The maximum atomic E-state index is 12.4. The van der Waals surface area contributed by atoms with Gasteiger partial charge in [0.05, 0.1) is 23.3 Å². The smallest absolute Gasteiger partial charge is 0.307 e. The first-order chi connectivity index (χ1) is 13.0. The van der Waals surface area contributed by atoms with E-state index in [0.717, 1.165) is 25.7 Å². The first-order valence-electron chi connectivity index (χ1n) is 9.13. The zero-order valence-corrected chi connectivity index (χ0v) is 15.5. The van der Waals surface area contributed by atoms with E-state index in [1.807, 2.05) is 0 Å². The Labute approximate surface area is 161 Å². The Balaban J connectivity index is 1.30. The summed E-state index contributed by atoms with van der Waals surface area (Å²) in [6, 6.07) is 3.36. The molecule has 27 heavy (non-hydrogen) atoms. The fraction of sp³-hybridized carbons (Fsp3) is 0.526. The van der Waals surface area contributed by atoms with E-state index in [1.165, 1.54) is 4.90 Å². The van der Waals surface area contributed by atoms with Crippen molar-refractivity contribution in [3.8, 4) is 11.5 Å². The van der Waals surface area contributed by atoms with Crippen LogP contribution in [0.5, 0.6) is 11.5 Å². The summed E-state index contributed by atoms with van der Waals surface area (Å²) < 4.78 is 15.8. The Morgan fingerprint density at radius 1 is 1.15 bits per heavy atom. The van der Waals surface area contributed by atoms with Gasteiger partial charge in [0.1, 0.15) is 6.61 Å². The Bertz CT molecular complexity index is 771. The summed E-state index contributed by atoms with van der Waals surface area (Å²) in [5, 5.41) is 0.395. The van der Waals surface area contributed by atoms with E-state index in [1.54, 1.807) is 12.1 Å². The van der Waals surface area contributed by atoms with Gasteiger partial charge in [0.15, 0.2) is 11.5 Å². The van der Waals surface area contributed by atoms with Gasteiger partial charge in [-0.2, -0.15) is 0 Å². The van der Waals surface area contributed by atoms with Crippen molar-refractivity contribution in [2.45, 2.75) is 38.7 Å². The Morgan fingerprint density at radius 3 is 2.56 bits per heavy atom. The number of fused-ring (bicyclic) bond motifs is 2. The summed E-state index contributed by atoms with van der Waals surface area (Å²) in [7, 11) is 0. The van der Waals surface area contributed by atoms with Gasteiger partial charge >= 0.3 is 5.97 Å². The fourth-order valence-electron chi connectivity index (χ4n) is 3.99. The molecule has 1 aliphatic carbocycles. The van der Waals surface area contributed by atoms with Crippen molar-refractivity contribution in [2.24, 2.45) is 11.8 Å². The Kier molecular flexibility index (Phi) is 4.95. The van der Waals surface area contributed by atoms with E-state index >= 15 is 0 Å². The highest BCUT2D eigenvalue weighted by Crippen LogP contribution is 2.40. The van der Waals surface area contributed by atoms with E-state index in [9.17, 15) is 14.4 Å². The van der Waals surface area contributed by atoms with Gasteiger partial charge in [-0.3, -0.25) is 19.3 Å². The third kappa shape index (κ3) is 3.48. The molecule has 0 unspecified atom stereocenters. The number of likely N-dealkylation sites (tertiary alicyclic amines) is 1. The number of nitrogens with zero attached hydrogens (tertiary/aromatic N) is 1. The number of ether oxygens (including phenoxy) is 3. The molecule has 2 amide bonds. The molecule has 0 N–H and O–H groups in total. The largest absolute Gasteiger partial charge is 0.461 e. The molecule has 2 heterocycles. The quantitative estimate of drug-likeness (QED) is 0.565. The Morgan fingerprint density at radius 2 is 1.85 bits per heavy atom. The summed E-state index contributed by atoms with van der Waals surface area (Å²) >= 11 is 6.10. The van der Waals surface area contributed by atoms with Crippen LogP contribution in [0.4, 0.5) is 0 Å². The van der Waals surface area contributed by atoms with Gasteiger partial charge in [-0.15, -0.1) is 0 Å². The number of benzene rings is 1. The van der Waals surface area contributed by atoms with Crippen molar-refractivity contribution in [3.63, 3.8) is 0 Å². The van der Waals surface area contributed by atoms with Gasteiger partial charge in [0, 0.05) is 6.54 Å². The van der Waals surface area contributed by atoms with Crippen molar-refractivity contribution in [1.29, 1.82) is 0 Å². The lowest BCUT2D eigenvalue weighted by molar-refractivity contribution is -0.146. The predicted octanol–water partition coefficient (Wildman–Crippen LogP) is 2.68. The molecule has 0 aromatic heterocycles. The number of rotatable bonds is 5. The minimum atomic E-state index is -0.473. The van der Waals surface area contributed by atoms with Crippen LogP contribution in [-0.4, -0.2) is 36.0 Å². The molecule has 7 nitrogen and oxygen atoms in total. The molecule has 144 valence electrons. The van der Waals surface area contributed by atoms with Crippen molar-refractivity contribution in [2.75, 3.05) is 13.3 Å². The molecule has 1 saturated carbocycles. The Hall–Kier alpha value is -2.28. The number of carbonyl (C=O) groups excluding carboxylic acids is 3. The number of hydrogen-bond donors (Lipinski definition) is 0. The van der Waals surface area contributed by atoms with E-state index in [4.69, 9.17) is 25.8 Å². The summed E-state index contributed by atoms with van der Waals surface area (Å²) in [4.78, 5) is 38.1. The molecule has 2 atom stereocenters. The number of esters is 1. The van der Waals surface area contributed by atoms with Crippen LogP contribution >= 0.6 is 11.6 Å². The highest BCUT2D eigenvalue weighted by atomic mass is 35.5. The number of hydrogen-bond acceptors (Lipinski definition) is 6. The van der Waals surface area contributed by atoms with Gasteiger partial charge in [-0.1, -0.05) is 24.4 Å². The number of carbonyl (C=O) groups is 3. The summed E-state index contributed by atoms with van der Waals surface area (Å²) in [5.41, 5.74) is 0.678. The average Bonchev–Trinajstić information content (AvgIpc) is 3.23. The average molecular weight is 394 g/mol. The zero-order valence-electron chi connectivity index (χ0n) is 14.7. The second-order valence-corrected chi connectivity index (χ2v) is 7.45. The zero-order chi connectivity index (χ0) is 19.0. The van der Waals surface area contributed by atoms with Crippen molar-refractivity contribution in [3.05, 3.63) is 22.7 Å². The van der Waals surface area contributed by atoms with E-state index in [-0.39, 0.29) is 50.0 Å². The molecule has 0 radical (unpaired) electrons. The maximum absolute atomic E-state index is 12.4. The highest BCUT2D eigenvalue weighted by Gasteiger charge is 2.47. The second kappa shape index (κ2) is 7.38. The molecule has 2 aliphatic heterocycles. The van der Waals surface area contributed by atoms with Gasteiger partial charge in [-0.25, -0.2) is 0 Å². The van der Waals surface area contributed by atoms with Crippen LogP contribution in [-0.2, 0) is 25.7 Å². The summed E-state index contributed by atoms with van der Waals surface area (Å²) in [6.07, 6.45) is 3.47. The third-order valence-electron chi connectivity index (χ3n) is 5.36. The second-order valence-electron chi connectivity index (χ2n) is 7.05. The van der Waals surface area contributed by atoms with E-state index in [0.29, 0.717) is 22.1 Å². The van der Waals surface area contributed by atoms with Crippen molar-refractivity contribution >= 4 is 29.4 Å². The lowest BCUT2D eigenvalue weighted by Crippen LogP contribution is -2.33. The molecule has 4 rings (SSSR count). The molecular weight excluding hydrogens is 374 g/mol. The number of halogens is 1. The van der Waals surface area contributed by atoms with Crippen LogP contribution in [0.3, 0.4) is 0 Å². The summed E-state index contributed by atoms with van der Waals surface area (Å²) in [5.74, 6) is -0.140. The molecule has 1 aromatic rings. The van der Waals surface area contributed by atoms with E-state index in [2.05, 4.69) is 0 Å². The molecule has 2 fully saturated rings. The molecule has 0 bridgehead atoms. The minimum absolute atomic E-state index is 0.0186. The van der Waals surface area contributed by atoms with Gasteiger partial charge in [0.2, 0.25) is 18.6 Å². The van der Waals surface area contributed by atoms with Crippen LogP contribution in [0.25, 0.3) is 0 Å². The highest BCUT2D eigenvalue weighted by molar-refractivity contribution is 6.32. The molecule has 1 saturated heterocycles. The third-order valence-corrected chi connectivity index (χ3v) is 5.64. The lowest BCUT2D eigenvalue weighted by atomic mass is 9.81. The standard InChI is InChI=1S/C19H20ClNO6/c20-14-7-11(8-15-17(14)27-10-26-15)9-25-16(22)5-6-21-18(23)12-3-1-2-4-13(12)19(21)24/h7-8,12-13H,1-6,9-10H2/t12-,13+. The molecule has 3 aliphatic rings. The molecule has 8 heteroatoms. The van der Waals surface area contributed by atoms with Crippen LogP contribution in [0.1, 0.15) is 37.7 Å². The predicted molar refractivity (Wildman–Crippen MR) is 94.2 cm³/mol. The number of imide groups is 1. The van der Waals surface area contributed by atoms with E-state index < -0.39 is 5.97 Å². The minimum Gasteiger partial charge on any atom is -0.461 e. The van der Waals surface area contributed by atoms with Crippen LogP contribution in [0.15, 0.2) is 12.1 Å². The van der Waals surface area contributed by atoms with Gasteiger partial charge in [0.25, 0.3) is 0 Å². The van der Waals surface area contributed by atoms with Crippen LogP contribution in [0.2, 0.25) is 5.02 Å². The van der Waals surface area contributed by atoms with Gasteiger partial charge in [-0.05, 0) is 30.5 Å². The summed E-state index contributed by atoms with van der Waals surface area (Å²) in [6.45, 7) is 0.214. The monoisotopic (exact) mass is 393 g/mol. The SMILES string of the molecule is O=C(CCN1C(=O)[C@H]2CCCC[C@H]2C1=O)OCc1cc(Cl)c2c(c1)OCO2. The van der Waals surface area contributed by atoms with Gasteiger partial charge < -0.3 is 14.2 Å². The van der Waals surface area contributed by atoms with Crippen LogP contribution < -0.4 is 9.47 Å². The van der Waals surface area contributed by atoms with Crippen LogP contribution in [0, 0.1) is 11.8 Å². The molecule has 1 aromatic carbocycles. The van der Waals surface area contributed by atoms with Crippen molar-refractivity contribution < 1.29 is 28.6 Å². The number of amides is 2. The lowest BCUT2D eigenvalue weighted by Gasteiger charge is -2.19.